The lowest BCUT2D eigenvalue weighted by Crippen LogP contribution is -2.21. The summed E-state index contributed by atoms with van der Waals surface area (Å²) >= 11 is 0. The predicted octanol–water partition coefficient (Wildman–Crippen LogP) is 6.51. The first-order valence-corrected chi connectivity index (χ1v) is 12.6. The number of methoxy groups -OCH3 is 1. The third-order valence-electron chi connectivity index (χ3n) is 6.32. The van der Waals surface area contributed by atoms with Crippen molar-refractivity contribution in [2.24, 2.45) is 0 Å². The molecular formula is C26H31O4P. The van der Waals surface area contributed by atoms with Gasteiger partial charge in [0.1, 0.15) is 5.75 Å². The largest absolute Gasteiger partial charge is 0.496 e. The molecule has 5 heteroatoms. The number of hydrogen-bond acceptors (Lipinski definition) is 4. The van der Waals surface area contributed by atoms with E-state index in [9.17, 15) is 4.57 Å². The SMILES string of the molecule is CCOP(=O)(OCC)c1c(C)c2c(c(C)c1-c1c(OC)ccc3ccccc13)CCC2. The second kappa shape index (κ2) is 8.78. The summed E-state index contributed by atoms with van der Waals surface area (Å²) in [5.74, 6) is 0.764. The fourth-order valence-electron chi connectivity index (χ4n) is 5.06. The van der Waals surface area contributed by atoms with Crippen LogP contribution in [-0.2, 0) is 26.5 Å². The summed E-state index contributed by atoms with van der Waals surface area (Å²) in [7, 11) is -1.85. The summed E-state index contributed by atoms with van der Waals surface area (Å²) in [6.45, 7) is 8.58. The molecule has 0 aliphatic heterocycles. The number of hydrogen-bond donors (Lipinski definition) is 0. The van der Waals surface area contributed by atoms with Crippen molar-refractivity contribution in [1.82, 2.24) is 0 Å². The first kappa shape index (κ1) is 22.1. The van der Waals surface area contributed by atoms with Gasteiger partial charge in [-0.2, -0.15) is 0 Å². The van der Waals surface area contributed by atoms with E-state index in [1.165, 1.54) is 11.1 Å². The molecule has 164 valence electrons. The van der Waals surface area contributed by atoms with Crippen LogP contribution in [0.25, 0.3) is 21.9 Å². The Morgan fingerprint density at radius 3 is 2.16 bits per heavy atom. The van der Waals surface area contributed by atoms with Crippen LogP contribution in [0.4, 0.5) is 0 Å². The van der Waals surface area contributed by atoms with Gasteiger partial charge in [-0.15, -0.1) is 0 Å². The third-order valence-corrected chi connectivity index (χ3v) is 8.63. The highest BCUT2D eigenvalue weighted by atomic mass is 31.2. The van der Waals surface area contributed by atoms with Crippen LogP contribution in [0.5, 0.6) is 5.75 Å². The molecule has 0 saturated carbocycles. The molecule has 0 fully saturated rings. The Morgan fingerprint density at radius 1 is 0.871 bits per heavy atom. The van der Waals surface area contributed by atoms with Crippen LogP contribution in [0.2, 0.25) is 0 Å². The summed E-state index contributed by atoms with van der Waals surface area (Å²) in [6, 6.07) is 12.3. The van der Waals surface area contributed by atoms with Gasteiger partial charge < -0.3 is 13.8 Å². The number of ether oxygens (including phenoxy) is 1. The zero-order valence-corrected chi connectivity index (χ0v) is 20.0. The Balaban J connectivity index is 2.19. The van der Waals surface area contributed by atoms with Gasteiger partial charge in [0.15, 0.2) is 0 Å². The second-order valence-electron chi connectivity index (χ2n) is 7.98. The van der Waals surface area contributed by atoms with Gasteiger partial charge in [0.2, 0.25) is 0 Å². The molecule has 0 spiro atoms. The maximum Gasteiger partial charge on any atom is 0.362 e. The highest BCUT2D eigenvalue weighted by molar-refractivity contribution is 7.62. The fourth-order valence-corrected chi connectivity index (χ4v) is 7.18. The first-order chi connectivity index (χ1) is 15.0. The summed E-state index contributed by atoms with van der Waals surface area (Å²) in [4.78, 5) is 0. The fraction of sp³-hybridized carbons (Fsp3) is 0.385. The Labute approximate surface area is 185 Å². The Kier molecular flexibility index (Phi) is 6.25. The molecular weight excluding hydrogens is 407 g/mol. The quantitative estimate of drug-likeness (QED) is 0.394. The molecule has 0 radical (unpaired) electrons. The minimum Gasteiger partial charge on any atom is -0.496 e. The summed E-state index contributed by atoms with van der Waals surface area (Å²) < 4.78 is 31.9. The number of benzene rings is 3. The average molecular weight is 439 g/mol. The molecule has 0 bridgehead atoms. The van der Waals surface area contributed by atoms with Gasteiger partial charge in [0.05, 0.1) is 25.6 Å². The van der Waals surface area contributed by atoms with Gasteiger partial charge in [-0.1, -0.05) is 30.3 Å². The third kappa shape index (κ3) is 3.61. The lowest BCUT2D eigenvalue weighted by atomic mass is 9.88. The van der Waals surface area contributed by atoms with Gasteiger partial charge in [-0.3, -0.25) is 4.57 Å². The van der Waals surface area contributed by atoms with Crippen molar-refractivity contribution in [3.8, 4) is 16.9 Å². The minimum absolute atomic E-state index is 0.318. The van der Waals surface area contributed by atoms with Gasteiger partial charge in [-0.25, -0.2) is 0 Å². The van der Waals surface area contributed by atoms with E-state index in [0.717, 1.165) is 58.0 Å². The van der Waals surface area contributed by atoms with Crippen LogP contribution in [-0.4, -0.2) is 20.3 Å². The van der Waals surface area contributed by atoms with E-state index in [4.69, 9.17) is 13.8 Å². The molecule has 1 aliphatic carbocycles. The van der Waals surface area contributed by atoms with E-state index in [1.807, 2.05) is 32.0 Å². The molecule has 0 saturated heterocycles. The zero-order valence-electron chi connectivity index (χ0n) is 19.1. The van der Waals surface area contributed by atoms with E-state index in [2.05, 4.69) is 32.0 Å². The molecule has 4 nitrogen and oxygen atoms in total. The van der Waals surface area contributed by atoms with Crippen LogP contribution in [0.1, 0.15) is 42.5 Å². The second-order valence-corrected chi connectivity index (χ2v) is 9.94. The van der Waals surface area contributed by atoms with Crippen molar-refractivity contribution in [2.45, 2.75) is 47.0 Å². The van der Waals surface area contributed by atoms with E-state index >= 15 is 0 Å². The van der Waals surface area contributed by atoms with Gasteiger partial charge >= 0.3 is 7.60 Å². The molecule has 3 aromatic rings. The summed E-state index contributed by atoms with van der Waals surface area (Å²) in [5.41, 5.74) is 6.76. The highest BCUT2D eigenvalue weighted by Gasteiger charge is 2.37. The molecule has 0 unspecified atom stereocenters. The van der Waals surface area contributed by atoms with Crippen molar-refractivity contribution >= 4 is 23.7 Å². The molecule has 0 N–H and O–H groups in total. The van der Waals surface area contributed by atoms with Crippen LogP contribution >= 0.6 is 7.60 Å². The lowest BCUT2D eigenvalue weighted by molar-refractivity contribution is 0.230. The monoisotopic (exact) mass is 438 g/mol. The predicted molar refractivity (Wildman–Crippen MR) is 128 cm³/mol. The van der Waals surface area contributed by atoms with E-state index in [-0.39, 0.29) is 0 Å². The number of fused-ring (bicyclic) bond motifs is 2. The summed E-state index contributed by atoms with van der Waals surface area (Å²) in [6.07, 6.45) is 3.15. The van der Waals surface area contributed by atoms with Crippen molar-refractivity contribution < 1.29 is 18.3 Å². The topological polar surface area (TPSA) is 44.8 Å². The molecule has 3 aromatic carbocycles. The van der Waals surface area contributed by atoms with E-state index in [1.54, 1.807) is 7.11 Å². The normalized spacial score (nSPS) is 13.6. The van der Waals surface area contributed by atoms with Crippen LogP contribution in [0.3, 0.4) is 0 Å². The number of rotatable bonds is 7. The van der Waals surface area contributed by atoms with Crippen molar-refractivity contribution in [3.05, 3.63) is 58.7 Å². The van der Waals surface area contributed by atoms with Gasteiger partial charge in [-0.05, 0) is 86.1 Å². The molecule has 4 rings (SSSR count). The van der Waals surface area contributed by atoms with E-state index < -0.39 is 7.60 Å². The minimum atomic E-state index is -3.54. The molecule has 0 amide bonds. The maximum atomic E-state index is 14.2. The molecule has 0 heterocycles. The Bertz CT molecular complexity index is 1170. The zero-order chi connectivity index (χ0) is 22.2. The Hall–Kier alpha value is -2.13. The molecule has 1 aliphatic rings. The van der Waals surface area contributed by atoms with Gasteiger partial charge in [0.25, 0.3) is 0 Å². The standard InChI is InChI=1S/C26H31O4P/c1-6-29-31(27,30-7-2)26-18(4)21-14-10-13-20(21)17(3)24(26)25-22-12-9-8-11-19(22)15-16-23(25)28-5/h8-9,11-12,15-16H,6-7,10,13-14H2,1-5H3. The average Bonchev–Trinajstić information content (AvgIpc) is 3.26. The van der Waals surface area contributed by atoms with Gasteiger partial charge in [0, 0.05) is 11.1 Å². The Morgan fingerprint density at radius 2 is 1.52 bits per heavy atom. The lowest BCUT2D eigenvalue weighted by Gasteiger charge is -2.27. The van der Waals surface area contributed by atoms with Crippen LogP contribution in [0, 0.1) is 13.8 Å². The van der Waals surface area contributed by atoms with Crippen LogP contribution in [0.15, 0.2) is 36.4 Å². The van der Waals surface area contributed by atoms with E-state index in [0.29, 0.717) is 18.5 Å². The maximum absolute atomic E-state index is 14.2. The molecule has 31 heavy (non-hydrogen) atoms. The highest BCUT2D eigenvalue weighted by Crippen LogP contribution is 2.54. The smallest absolute Gasteiger partial charge is 0.362 e. The van der Waals surface area contributed by atoms with Crippen molar-refractivity contribution in [1.29, 1.82) is 0 Å². The summed E-state index contributed by atoms with van der Waals surface area (Å²) in [5, 5.41) is 2.89. The van der Waals surface area contributed by atoms with Crippen molar-refractivity contribution in [2.75, 3.05) is 20.3 Å². The van der Waals surface area contributed by atoms with Crippen molar-refractivity contribution in [3.63, 3.8) is 0 Å². The molecule has 0 aromatic heterocycles. The van der Waals surface area contributed by atoms with Crippen LogP contribution < -0.4 is 10.0 Å². The first-order valence-electron chi connectivity index (χ1n) is 11.1. The molecule has 0 atom stereocenters.